The maximum Gasteiger partial charge on any atom is 0.230 e. The molecule has 134 valence electrons. The van der Waals surface area contributed by atoms with Crippen molar-refractivity contribution in [2.45, 2.75) is 18.6 Å². The number of hydrogen-bond donors (Lipinski definition) is 2. The molecule has 0 spiro atoms. The summed E-state index contributed by atoms with van der Waals surface area (Å²) in [7, 11) is 0. The zero-order chi connectivity index (χ0) is 18.5. The van der Waals surface area contributed by atoms with Crippen LogP contribution in [0.2, 0.25) is 5.02 Å². The van der Waals surface area contributed by atoms with Crippen molar-refractivity contribution in [1.82, 2.24) is 20.2 Å². The van der Waals surface area contributed by atoms with Crippen LogP contribution in [0.25, 0.3) is 11.4 Å². The Morgan fingerprint density at radius 2 is 1.92 bits per heavy atom. The first kappa shape index (κ1) is 18.3. The predicted octanol–water partition coefficient (Wildman–Crippen LogP) is 3.03. The molecule has 0 saturated heterocycles. The van der Waals surface area contributed by atoms with Gasteiger partial charge in [0.1, 0.15) is 0 Å². The van der Waals surface area contributed by atoms with Crippen LogP contribution in [0.1, 0.15) is 11.1 Å². The van der Waals surface area contributed by atoms with Gasteiger partial charge in [-0.1, -0.05) is 59.8 Å². The SMILES string of the molecule is Cc1ccccc1CNC(=O)CSc1nnc(-c2ccccc2Cl)n1N. The highest BCUT2D eigenvalue weighted by atomic mass is 35.5. The number of nitrogens with two attached hydrogens (primary N) is 1. The minimum absolute atomic E-state index is 0.0967. The summed E-state index contributed by atoms with van der Waals surface area (Å²) < 4.78 is 1.35. The normalized spacial score (nSPS) is 10.7. The fourth-order valence-corrected chi connectivity index (χ4v) is 3.29. The van der Waals surface area contributed by atoms with Crippen LogP contribution in [0.4, 0.5) is 0 Å². The third-order valence-electron chi connectivity index (χ3n) is 3.85. The Hall–Kier alpha value is -2.51. The van der Waals surface area contributed by atoms with Crippen LogP contribution in [0.3, 0.4) is 0 Å². The number of thioether (sulfide) groups is 1. The maximum absolute atomic E-state index is 12.1. The average Bonchev–Trinajstić information content (AvgIpc) is 3.00. The molecule has 1 aromatic heterocycles. The number of halogens is 1. The minimum atomic E-state index is -0.0967. The van der Waals surface area contributed by atoms with E-state index < -0.39 is 0 Å². The minimum Gasteiger partial charge on any atom is -0.351 e. The number of amides is 1. The lowest BCUT2D eigenvalue weighted by Crippen LogP contribution is -2.25. The van der Waals surface area contributed by atoms with Crippen LogP contribution in [0.15, 0.2) is 53.7 Å². The molecule has 2 aromatic carbocycles. The Bertz CT molecular complexity index is 927. The molecule has 0 aliphatic carbocycles. The van der Waals surface area contributed by atoms with Gasteiger partial charge in [0.25, 0.3) is 0 Å². The van der Waals surface area contributed by atoms with Crippen molar-refractivity contribution in [3.05, 3.63) is 64.7 Å². The number of aromatic nitrogens is 3. The molecule has 0 bridgehead atoms. The van der Waals surface area contributed by atoms with Gasteiger partial charge in [-0.2, -0.15) is 0 Å². The second-order valence-electron chi connectivity index (χ2n) is 5.65. The van der Waals surface area contributed by atoms with E-state index in [1.165, 1.54) is 16.4 Å². The molecule has 1 heterocycles. The molecule has 0 radical (unpaired) electrons. The Morgan fingerprint density at radius 3 is 2.69 bits per heavy atom. The van der Waals surface area contributed by atoms with E-state index in [4.69, 9.17) is 17.4 Å². The van der Waals surface area contributed by atoms with Crippen molar-refractivity contribution in [3.8, 4) is 11.4 Å². The largest absolute Gasteiger partial charge is 0.351 e. The van der Waals surface area contributed by atoms with Crippen molar-refractivity contribution in [3.63, 3.8) is 0 Å². The number of rotatable bonds is 6. The lowest BCUT2D eigenvalue weighted by atomic mass is 10.1. The maximum atomic E-state index is 12.1. The summed E-state index contributed by atoms with van der Waals surface area (Å²) in [5.41, 5.74) is 2.93. The van der Waals surface area contributed by atoms with Crippen LogP contribution in [0.5, 0.6) is 0 Å². The summed E-state index contributed by atoms with van der Waals surface area (Å²) >= 11 is 7.40. The van der Waals surface area contributed by atoms with E-state index in [0.29, 0.717) is 28.1 Å². The topological polar surface area (TPSA) is 85.8 Å². The quantitative estimate of drug-likeness (QED) is 0.501. The number of carbonyl (C=O) groups is 1. The van der Waals surface area contributed by atoms with Crippen molar-refractivity contribution < 1.29 is 4.79 Å². The Balaban J connectivity index is 1.59. The van der Waals surface area contributed by atoms with Crippen LogP contribution >= 0.6 is 23.4 Å². The highest BCUT2D eigenvalue weighted by Crippen LogP contribution is 2.27. The van der Waals surface area contributed by atoms with Gasteiger partial charge >= 0.3 is 0 Å². The third kappa shape index (κ3) is 4.17. The van der Waals surface area contributed by atoms with Gasteiger partial charge in [0, 0.05) is 12.1 Å². The highest BCUT2D eigenvalue weighted by Gasteiger charge is 2.15. The smallest absolute Gasteiger partial charge is 0.230 e. The molecule has 1 amide bonds. The Kier molecular flexibility index (Phi) is 5.80. The lowest BCUT2D eigenvalue weighted by Gasteiger charge is -2.08. The number of nitrogens with one attached hydrogen (secondary N) is 1. The predicted molar refractivity (Wildman–Crippen MR) is 104 cm³/mol. The van der Waals surface area contributed by atoms with Gasteiger partial charge in [0.05, 0.1) is 10.8 Å². The monoisotopic (exact) mass is 387 g/mol. The lowest BCUT2D eigenvalue weighted by molar-refractivity contribution is -0.118. The van der Waals surface area contributed by atoms with E-state index in [1.54, 1.807) is 6.07 Å². The molecule has 0 unspecified atom stereocenters. The van der Waals surface area contributed by atoms with Gasteiger partial charge in [0.2, 0.25) is 11.1 Å². The standard InChI is InChI=1S/C18H18ClN5OS/c1-12-6-2-3-7-13(12)10-21-16(25)11-26-18-23-22-17(24(18)20)14-8-4-5-9-15(14)19/h2-9H,10-11,20H2,1H3,(H,21,25). The van der Waals surface area contributed by atoms with Gasteiger partial charge < -0.3 is 11.2 Å². The summed E-state index contributed by atoms with van der Waals surface area (Å²) in [6, 6.07) is 15.2. The summed E-state index contributed by atoms with van der Waals surface area (Å²) in [5, 5.41) is 12.0. The summed E-state index contributed by atoms with van der Waals surface area (Å²) in [6.45, 7) is 2.51. The number of benzene rings is 2. The van der Waals surface area contributed by atoms with E-state index in [1.807, 2.05) is 49.4 Å². The molecule has 0 aliphatic rings. The molecule has 0 fully saturated rings. The zero-order valence-electron chi connectivity index (χ0n) is 14.1. The van der Waals surface area contributed by atoms with E-state index in [2.05, 4.69) is 15.5 Å². The van der Waals surface area contributed by atoms with Crippen LogP contribution in [-0.2, 0) is 11.3 Å². The van der Waals surface area contributed by atoms with E-state index in [-0.39, 0.29) is 11.7 Å². The summed E-state index contributed by atoms with van der Waals surface area (Å²) in [4.78, 5) is 12.1. The molecule has 8 heteroatoms. The number of hydrogen-bond acceptors (Lipinski definition) is 5. The molecule has 0 saturated carbocycles. The van der Waals surface area contributed by atoms with Crippen LogP contribution in [0, 0.1) is 6.92 Å². The molecule has 0 aliphatic heterocycles. The molecule has 3 rings (SSSR count). The molecule has 0 atom stereocenters. The van der Waals surface area contributed by atoms with Crippen molar-refractivity contribution in [1.29, 1.82) is 0 Å². The van der Waals surface area contributed by atoms with Crippen molar-refractivity contribution in [2.24, 2.45) is 0 Å². The number of nitrogens with zero attached hydrogens (tertiary/aromatic N) is 3. The first-order valence-electron chi connectivity index (χ1n) is 7.95. The van der Waals surface area contributed by atoms with E-state index >= 15 is 0 Å². The Labute approximate surface area is 160 Å². The molecule has 26 heavy (non-hydrogen) atoms. The third-order valence-corrected chi connectivity index (χ3v) is 5.12. The van der Waals surface area contributed by atoms with E-state index in [9.17, 15) is 4.79 Å². The number of aryl methyl sites for hydroxylation is 1. The molecule has 3 aromatic rings. The number of nitrogen functional groups attached to an aromatic ring is 1. The summed E-state index contributed by atoms with van der Waals surface area (Å²) in [5.74, 6) is 6.61. The summed E-state index contributed by atoms with van der Waals surface area (Å²) in [6.07, 6.45) is 0. The van der Waals surface area contributed by atoms with Crippen molar-refractivity contribution >= 4 is 29.3 Å². The fraction of sp³-hybridized carbons (Fsp3) is 0.167. The zero-order valence-corrected chi connectivity index (χ0v) is 15.7. The van der Waals surface area contributed by atoms with Crippen molar-refractivity contribution in [2.75, 3.05) is 11.6 Å². The van der Waals surface area contributed by atoms with Gasteiger partial charge in [-0.25, -0.2) is 4.68 Å². The van der Waals surface area contributed by atoms with Gasteiger partial charge in [0.15, 0.2) is 5.82 Å². The highest BCUT2D eigenvalue weighted by molar-refractivity contribution is 7.99. The van der Waals surface area contributed by atoms with Gasteiger partial charge in [-0.3, -0.25) is 4.79 Å². The molecule has 6 nitrogen and oxygen atoms in total. The van der Waals surface area contributed by atoms with Gasteiger partial charge in [-0.05, 0) is 30.2 Å². The second-order valence-corrected chi connectivity index (χ2v) is 7.00. The second kappa shape index (κ2) is 8.25. The number of carbonyl (C=O) groups excluding carboxylic acids is 1. The molecular weight excluding hydrogens is 370 g/mol. The first-order chi connectivity index (χ1) is 12.6. The van der Waals surface area contributed by atoms with E-state index in [0.717, 1.165) is 11.1 Å². The first-order valence-corrected chi connectivity index (χ1v) is 9.32. The van der Waals surface area contributed by atoms with Crippen LogP contribution < -0.4 is 11.2 Å². The Morgan fingerprint density at radius 1 is 1.19 bits per heavy atom. The molecule has 3 N–H and O–H groups in total. The molecular formula is C18H18ClN5OS. The average molecular weight is 388 g/mol. The van der Waals surface area contributed by atoms with Gasteiger partial charge in [-0.15, -0.1) is 10.2 Å². The fourth-order valence-electron chi connectivity index (χ4n) is 2.39. The van der Waals surface area contributed by atoms with Crippen LogP contribution in [-0.4, -0.2) is 26.5 Å².